The number of aromatic nitrogens is 3. The number of rotatable bonds is 2. The molecular formula is C16H24ClN5. The van der Waals surface area contributed by atoms with Crippen LogP contribution in [0.5, 0.6) is 0 Å². The number of halogens is 1. The lowest BCUT2D eigenvalue weighted by Gasteiger charge is -2.49. The summed E-state index contributed by atoms with van der Waals surface area (Å²) >= 11 is 0. The molecule has 4 rings (SSSR count). The highest BCUT2D eigenvalue weighted by Gasteiger charge is 2.39. The van der Waals surface area contributed by atoms with Crippen LogP contribution in [0.4, 0.5) is 0 Å². The Bertz CT molecular complexity index is 579. The molecule has 1 spiro atoms. The predicted octanol–water partition coefficient (Wildman–Crippen LogP) is 2.26. The van der Waals surface area contributed by atoms with Gasteiger partial charge in [-0.2, -0.15) is 0 Å². The number of hydrogen-bond acceptors (Lipinski definition) is 4. The number of hydrogen-bond donors (Lipinski definition) is 1. The maximum Gasteiger partial charge on any atom is 0.233 e. The van der Waals surface area contributed by atoms with Crippen molar-refractivity contribution in [3.8, 4) is 0 Å². The summed E-state index contributed by atoms with van der Waals surface area (Å²) < 4.78 is 2.02. The Balaban J connectivity index is 0.00000144. The van der Waals surface area contributed by atoms with Crippen LogP contribution in [0.25, 0.3) is 5.78 Å². The summed E-state index contributed by atoms with van der Waals surface area (Å²) in [5, 5.41) is 3.61. The van der Waals surface area contributed by atoms with Crippen LogP contribution in [-0.4, -0.2) is 44.4 Å². The molecule has 6 heteroatoms. The maximum atomic E-state index is 4.67. The predicted molar refractivity (Wildman–Crippen MR) is 89.3 cm³/mol. The van der Waals surface area contributed by atoms with Crippen molar-refractivity contribution in [2.45, 2.75) is 44.2 Å². The fraction of sp³-hybridized carbons (Fsp3) is 0.625. The molecule has 3 heterocycles. The van der Waals surface area contributed by atoms with Gasteiger partial charge in [-0.1, -0.05) is 19.3 Å². The summed E-state index contributed by atoms with van der Waals surface area (Å²) in [4.78, 5) is 11.7. The summed E-state index contributed by atoms with van der Waals surface area (Å²) in [5.74, 6) is 0.806. The molecule has 2 fully saturated rings. The molecule has 1 N–H and O–H groups in total. The first-order valence-electron chi connectivity index (χ1n) is 8.10. The third-order valence-electron chi connectivity index (χ3n) is 5.11. The number of piperazine rings is 1. The number of nitrogens with zero attached hydrogens (tertiary/aromatic N) is 4. The summed E-state index contributed by atoms with van der Waals surface area (Å²) in [6.45, 7) is 4.30. The summed E-state index contributed by atoms with van der Waals surface area (Å²) in [6.07, 6.45) is 12.7. The van der Waals surface area contributed by atoms with Gasteiger partial charge >= 0.3 is 0 Å². The number of fused-ring (bicyclic) bond motifs is 1. The van der Waals surface area contributed by atoms with Crippen LogP contribution in [-0.2, 0) is 6.54 Å². The van der Waals surface area contributed by atoms with Gasteiger partial charge in [0.1, 0.15) is 0 Å². The molecule has 0 unspecified atom stereocenters. The molecule has 1 aliphatic heterocycles. The molecule has 2 aromatic rings. The minimum Gasteiger partial charge on any atom is -0.314 e. The van der Waals surface area contributed by atoms with Gasteiger partial charge in [-0.3, -0.25) is 9.30 Å². The first kappa shape index (κ1) is 15.7. The topological polar surface area (TPSA) is 45.5 Å². The lowest BCUT2D eigenvalue weighted by atomic mass is 9.79. The SMILES string of the molecule is Cl.c1cnc2nc(CN3CCNCC34CCCCC4)cn2c1. The average molecular weight is 322 g/mol. The van der Waals surface area contributed by atoms with Crippen LogP contribution in [0.15, 0.2) is 24.7 Å². The van der Waals surface area contributed by atoms with Crippen LogP contribution >= 0.6 is 12.4 Å². The highest BCUT2D eigenvalue weighted by molar-refractivity contribution is 5.85. The van der Waals surface area contributed by atoms with Crippen molar-refractivity contribution in [1.82, 2.24) is 24.6 Å². The Hall–Kier alpha value is -1.17. The van der Waals surface area contributed by atoms with Crippen LogP contribution in [0.1, 0.15) is 37.8 Å². The summed E-state index contributed by atoms with van der Waals surface area (Å²) in [5.41, 5.74) is 1.50. The maximum absolute atomic E-state index is 4.67. The van der Waals surface area contributed by atoms with E-state index in [9.17, 15) is 0 Å². The molecule has 0 amide bonds. The minimum absolute atomic E-state index is 0. The third-order valence-corrected chi connectivity index (χ3v) is 5.11. The molecule has 0 atom stereocenters. The van der Waals surface area contributed by atoms with Crippen molar-refractivity contribution in [2.75, 3.05) is 19.6 Å². The minimum atomic E-state index is 0. The van der Waals surface area contributed by atoms with Gasteiger partial charge in [0.15, 0.2) is 0 Å². The van der Waals surface area contributed by atoms with Gasteiger partial charge in [0.25, 0.3) is 0 Å². The van der Waals surface area contributed by atoms with Crippen molar-refractivity contribution >= 4 is 18.2 Å². The second kappa shape index (κ2) is 6.52. The van der Waals surface area contributed by atoms with E-state index < -0.39 is 0 Å². The van der Waals surface area contributed by atoms with E-state index in [-0.39, 0.29) is 12.4 Å². The lowest BCUT2D eigenvalue weighted by Crippen LogP contribution is -2.61. The molecule has 22 heavy (non-hydrogen) atoms. The first-order chi connectivity index (χ1) is 10.4. The lowest BCUT2D eigenvalue weighted by molar-refractivity contribution is 0.0200. The number of imidazole rings is 1. The molecule has 0 radical (unpaired) electrons. The molecule has 120 valence electrons. The molecule has 2 aliphatic rings. The normalized spacial score (nSPS) is 21.8. The quantitative estimate of drug-likeness (QED) is 0.921. The van der Waals surface area contributed by atoms with E-state index in [1.807, 2.05) is 16.7 Å². The molecule has 1 aliphatic carbocycles. The average Bonchev–Trinajstić information content (AvgIpc) is 2.93. The molecule has 0 bridgehead atoms. The zero-order valence-corrected chi connectivity index (χ0v) is 13.7. The van der Waals surface area contributed by atoms with Gasteiger partial charge in [0, 0.05) is 50.3 Å². The van der Waals surface area contributed by atoms with Gasteiger partial charge < -0.3 is 5.32 Å². The van der Waals surface area contributed by atoms with Crippen LogP contribution in [0.3, 0.4) is 0 Å². The number of nitrogens with one attached hydrogen (secondary N) is 1. The molecule has 0 aromatic carbocycles. The van der Waals surface area contributed by atoms with E-state index in [0.29, 0.717) is 5.54 Å². The van der Waals surface area contributed by atoms with Crippen molar-refractivity contribution in [3.63, 3.8) is 0 Å². The van der Waals surface area contributed by atoms with Gasteiger partial charge in [-0.25, -0.2) is 9.97 Å². The monoisotopic (exact) mass is 321 g/mol. The second-order valence-corrected chi connectivity index (χ2v) is 6.44. The van der Waals surface area contributed by atoms with E-state index in [1.54, 1.807) is 6.20 Å². The zero-order chi connectivity index (χ0) is 14.1. The van der Waals surface area contributed by atoms with E-state index in [4.69, 9.17) is 0 Å². The standard InChI is InChI=1S/C16H23N5.ClH/c1-2-5-16(6-3-1)13-17-8-10-21(16)12-14-11-20-9-4-7-18-15(20)19-14;/h4,7,9,11,17H,1-3,5-6,8,10,12-13H2;1H. The summed E-state index contributed by atoms with van der Waals surface area (Å²) in [7, 11) is 0. The Morgan fingerprint density at radius 3 is 2.91 bits per heavy atom. The fourth-order valence-electron chi connectivity index (χ4n) is 3.98. The largest absolute Gasteiger partial charge is 0.314 e. The first-order valence-corrected chi connectivity index (χ1v) is 8.10. The second-order valence-electron chi connectivity index (χ2n) is 6.44. The zero-order valence-electron chi connectivity index (χ0n) is 12.9. The van der Waals surface area contributed by atoms with Crippen LogP contribution in [0.2, 0.25) is 0 Å². The summed E-state index contributed by atoms with van der Waals surface area (Å²) in [6, 6.07) is 1.95. The van der Waals surface area contributed by atoms with Crippen LogP contribution in [0, 0.1) is 0 Å². The molecule has 1 saturated carbocycles. The fourth-order valence-corrected chi connectivity index (χ4v) is 3.98. The Morgan fingerprint density at radius 2 is 2.09 bits per heavy atom. The Labute approximate surface area is 137 Å². The highest BCUT2D eigenvalue weighted by atomic mass is 35.5. The third kappa shape index (κ3) is 2.85. The van der Waals surface area contributed by atoms with Crippen molar-refractivity contribution < 1.29 is 0 Å². The van der Waals surface area contributed by atoms with Crippen molar-refractivity contribution in [1.29, 1.82) is 0 Å². The Kier molecular flexibility index (Phi) is 4.66. The van der Waals surface area contributed by atoms with Gasteiger partial charge in [0.05, 0.1) is 5.69 Å². The van der Waals surface area contributed by atoms with Crippen molar-refractivity contribution in [3.05, 3.63) is 30.4 Å². The van der Waals surface area contributed by atoms with E-state index in [0.717, 1.165) is 37.7 Å². The highest BCUT2D eigenvalue weighted by Crippen LogP contribution is 2.35. The van der Waals surface area contributed by atoms with Gasteiger partial charge in [0.2, 0.25) is 5.78 Å². The van der Waals surface area contributed by atoms with Gasteiger partial charge in [-0.15, -0.1) is 12.4 Å². The Morgan fingerprint density at radius 1 is 1.23 bits per heavy atom. The van der Waals surface area contributed by atoms with Gasteiger partial charge in [-0.05, 0) is 18.9 Å². The van der Waals surface area contributed by atoms with E-state index in [1.165, 1.54) is 32.1 Å². The van der Waals surface area contributed by atoms with E-state index in [2.05, 4.69) is 26.4 Å². The molecule has 1 saturated heterocycles. The van der Waals surface area contributed by atoms with Crippen LogP contribution < -0.4 is 5.32 Å². The molecular weight excluding hydrogens is 298 g/mol. The molecule has 5 nitrogen and oxygen atoms in total. The smallest absolute Gasteiger partial charge is 0.233 e. The van der Waals surface area contributed by atoms with E-state index >= 15 is 0 Å². The van der Waals surface area contributed by atoms with Crippen molar-refractivity contribution in [2.24, 2.45) is 0 Å². The molecule has 2 aromatic heterocycles.